The van der Waals surface area contributed by atoms with Crippen molar-refractivity contribution in [2.75, 3.05) is 179 Å². The highest BCUT2D eigenvalue weighted by atomic mass is 16.9. The van der Waals surface area contributed by atoms with Crippen LogP contribution < -0.4 is 60.6 Å². The third kappa shape index (κ3) is 59.4. The number of aliphatic hydroxyl groups is 4. The summed E-state index contributed by atoms with van der Waals surface area (Å²) in [6.45, 7) is 17.2. The molecule has 0 bridgehead atoms. The zero-order valence-corrected chi connectivity index (χ0v) is 32.1. The maximum absolute atomic E-state index is 8.34. The Morgan fingerprint density at radius 2 is 0.840 bits per heavy atom. The predicted octanol–water partition coefficient (Wildman–Crippen LogP) is -6.88. The molecule has 0 spiro atoms. The number of methoxy groups -OCH3 is 3. The van der Waals surface area contributed by atoms with E-state index >= 15 is 0 Å². The van der Waals surface area contributed by atoms with Crippen molar-refractivity contribution < 1.29 is 39.4 Å². The van der Waals surface area contributed by atoms with Crippen molar-refractivity contribution in [3.8, 4) is 0 Å². The lowest BCUT2D eigenvalue weighted by atomic mass is 10.5. The molecule has 20 N–H and O–H groups in total. The molecule has 1 unspecified atom stereocenters. The molecule has 0 saturated carbocycles. The summed E-state index contributed by atoms with van der Waals surface area (Å²) in [5.41, 5.74) is 26.6. The van der Waals surface area contributed by atoms with E-state index in [9.17, 15) is 0 Å². The number of nitrogens with one attached hydrogen (secondary N) is 6. The molecular weight excluding hydrogens is 656 g/mol. The van der Waals surface area contributed by atoms with Crippen molar-refractivity contribution in [3.63, 3.8) is 0 Å². The molecule has 0 rings (SSSR count). The number of likely N-dealkylation sites (N-methyl/N-ethyl adjacent to an activating group) is 1. The van der Waals surface area contributed by atoms with Gasteiger partial charge in [0.1, 0.15) is 12.8 Å². The summed E-state index contributed by atoms with van der Waals surface area (Å²) < 4.78 is 20.0. The Morgan fingerprint density at radius 3 is 1.06 bits per heavy atom. The molecule has 0 aliphatic rings. The highest BCUT2D eigenvalue weighted by Gasteiger charge is 2.32. The van der Waals surface area contributed by atoms with E-state index in [1.807, 2.05) is 11.9 Å². The molecule has 50 heavy (non-hydrogen) atoms. The van der Waals surface area contributed by atoms with Crippen LogP contribution in [0.1, 0.15) is 6.92 Å². The minimum absolute atomic E-state index is 0.139. The molecule has 0 amide bonds. The lowest BCUT2D eigenvalue weighted by Crippen LogP contribution is -2.46. The zero-order chi connectivity index (χ0) is 39.0. The molecule has 0 heterocycles. The summed E-state index contributed by atoms with van der Waals surface area (Å²) in [5, 5.41) is 51.8. The average Bonchev–Trinajstić information content (AvgIpc) is 3.10. The van der Waals surface area contributed by atoms with Crippen LogP contribution in [0.3, 0.4) is 0 Å². The number of aliphatic hydroxyl groups excluding tert-OH is 4. The molecule has 0 aliphatic carbocycles. The predicted molar refractivity (Wildman–Crippen MR) is 203 cm³/mol. The fourth-order valence-corrected chi connectivity index (χ4v) is 3.09. The largest absolute Gasteiger partial charge is 0.395 e. The highest BCUT2D eigenvalue weighted by Crippen LogP contribution is 2.14. The van der Waals surface area contributed by atoms with Crippen LogP contribution in [-0.2, 0) is 18.9 Å². The topological polar surface area (TPSA) is 323 Å². The zero-order valence-electron chi connectivity index (χ0n) is 32.1. The Kier molecular flexibility index (Phi) is 64.3. The molecule has 0 radical (unpaired) electrons. The van der Waals surface area contributed by atoms with Gasteiger partial charge in [0.2, 0.25) is 0 Å². The van der Waals surface area contributed by atoms with Crippen LogP contribution in [0.2, 0.25) is 0 Å². The molecule has 0 aromatic carbocycles. The van der Waals surface area contributed by atoms with Gasteiger partial charge in [-0.1, -0.05) is 0 Å². The summed E-state index contributed by atoms with van der Waals surface area (Å²) in [7, 11) is 6.31. The number of nitrogens with two attached hydrogens (primary N) is 5. The molecule has 0 fully saturated rings. The fraction of sp³-hybridized carbons (Fsp3) is 1.00. The average molecular weight is 739 g/mol. The van der Waals surface area contributed by atoms with Crippen molar-refractivity contribution in [1.29, 1.82) is 0 Å². The van der Waals surface area contributed by atoms with E-state index in [2.05, 4.69) is 31.9 Å². The number of hydrogen-bond donors (Lipinski definition) is 15. The first-order chi connectivity index (χ1) is 24.1. The number of rotatable bonds is 31. The Hall–Kier alpha value is -0.800. The van der Waals surface area contributed by atoms with Crippen molar-refractivity contribution >= 4 is 0 Å². The van der Waals surface area contributed by atoms with Crippen LogP contribution in [0.5, 0.6) is 0 Å². The Bertz CT molecular complexity index is 526. The molecule has 1 atom stereocenters. The van der Waals surface area contributed by atoms with Crippen LogP contribution in [-0.4, -0.2) is 217 Å². The Morgan fingerprint density at radius 1 is 0.540 bits per heavy atom. The first-order valence-corrected chi connectivity index (χ1v) is 17.3. The maximum Gasteiger partial charge on any atom is 0.308 e. The fourth-order valence-electron chi connectivity index (χ4n) is 3.09. The summed E-state index contributed by atoms with van der Waals surface area (Å²) >= 11 is 0. The molecule has 0 saturated heterocycles. The molecule has 0 aliphatic heterocycles. The first kappa shape index (κ1) is 58.5. The molecule has 20 heteroatoms. The van der Waals surface area contributed by atoms with E-state index < -0.39 is 12.2 Å². The number of hydrogen-bond acceptors (Lipinski definition) is 20. The smallest absolute Gasteiger partial charge is 0.308 e. The van der Waals surface area contributed by atoms with Crippen molar-refractivity contribution in [2.24, 2.45) is 28.7 Å². The van der Waals surface area contributed by atoms with E-state index in [-0.39, 0.29) is 33.0 Å². The van der Waals surface area contributed by atoms with Gasteiger partial charge in [0.15, 0.2) is 0 Å². The van der Waals surface area contributed by atoms with E-state index in [0.717, 1.165) is 65.4 Å². The van der Waals surface area contributed by atoms with Crippen LogP contribution in [0.4, 0.5) is 0 Å². The lowest BCUT2D eigenvalue weighted by Gasteiger charge is -2.30. The van der Waals surface area contributed by atoms with E-state index in [4.69, 9.17) is 68.0 Å². The van der Waals surface area contributed by atoms with Gasteiger partial charge in [0.05, 0.1) is 26.4 Å². The van der Waals surface area contributed by atoms with Crippen LogP contribution in [0.25, 0.3) is 0 Å². The monoisotopic (exact) mass is 739 g/mol. The van der Waals surface area contributed by atoms with Crippen molar-refractivity contribution in [2.45, 2.75) is 19.1 Å². The molecule has 0 aromatic rings. The third-order valence-corrected chi connectivity index (χ3v) is 5.57. The van der Waals surface area contributed by atoms with Gasteiger partial charge in [-0.3, -0.25) is 0 Å². The SMILES string of the molecule is CN(CCO)CCO.COCC(OC)(OC)OC(C)N.NCCNCCNCCN.NCCNCCNCCNCCN.OCCNCCO. The quantitative estimate of drug-likeness (QED) is 0.0232. The normalized spacial score (nSPS) is 11.3. The summed E-state index contributed by atoms with van der Waals surface area (Å²) in [6, 6.07) is 0. The second-order valence-electron chi connectivity index (χ2n) is 10.2. The van der Waals surface area contributed by atoms with Crippen molar-refractivity contribution in [1.82, 2.24) is 36.8 Å². The number of ether oxygens (including phenoxy) is 4. The van der Waals surface area contributed by atoms with Crippen molar-refractivity contribution in [3.05, 3.63) is 0 Å². The van der Waals surface area contributed by atoms with E-state index in [1.54, 1.807) is 6.92 Å². The Balaban J connectivity index is -0.000000172. The van der Waals surface area contributed by atoms with Gasteiger partial charge in [-0.05, 0) is 14.0 Å². The van der Waals surface area contributed by atoms with Crippen LogP contribution in [0, 0.1) is 0 Å². The lowest BCUT2D eigenvalue weighted by molar-refractivity contribution is -0.387. The molecular formula is C30H82N12O8. The summed E-state index contributed by atoms with van der Waals surface area (Å²) in [5.74, 6) is -1.19. The van der Waals surface area contributed by atoms with Gasteiger partial charge in [-0.15, -0.1) is 0 Å². The van der Waals surface area contributed by atoms with E-state index in [0.29, 0.717) is 52.4 Å². The van der Waals surface area contributed by atoms with Gasteiger partial charge < -0.3 is 105 Å². The summed E-state index contributed by atoms with van der Waals surface area (Å²) in [6.07, 6.45) is -0.472. The maximum atomic E-state index is 8.34. The minimum Gasteiger partial charge on any atom is -0.395 e. The van der Waals surface area contributed by atoms with Gasteiger partial charge in [0.25, 0.3) is 0 Å². The number of nitrogens with zero attached hydrogens (tertiary/aromatic N) is 1. The molecule has 310 valence electrons. The minimum atomic E-state index is -1.19. The third-order valence-electron chi connectivity index (χ3n) is 5.57. The highest BCUT2D eigenvalue weighted by molar-refractivity contribution is 4.56. The first-order valence-electron chi connectivity index (χ1n) is 17.3. The van der Waals surface area contributed by atoms with Gasteiger partial charge in [0, 0.05) is 139 Å². The molecule has 0 aromatic heterocycles. The Labute approximate surface area is 303 Å². The molecule has 20 nitrogen and oxygen atoms in total. The van der Waals surface area contributed by atoms with E-state index in [1.165, 1.54) is 21.3 Å². The van der Waals surface area contributed by atoms with Crippen LogP contribution in [0.15, 0.2) is 0 Å². The van der Waals surface area contributed by atoms with Gasteiger partial charge in [-0.2, -0.15) is 0 Å². The second kappa shape index (κ2) is 55.0. The van der Waals surface area contributed by atoms with Gasteiger partial charge >= 0.3 is 5.97 Å². The van der Waals surface area contributed by atoms with Gasteiger partial charge in [-0.25, -0.2) is 0 Å². The standard InChI is InChI=1S/C8H23N5.C7H17NO4.C6H18N4.C5H13NO2.C4H11NO2/c9-1-3-11-5-7-13-8-6-12-4-2-10;1-6(8)12-7(10-3,11-4)5-9-2;7-1-3-9-5-6-10-4-2-8;1-6(2-4-7)3-5-8;6-3-1-5-2-4-7/h11-13H,1-10H2;6H,5,8H2,1-4H3;9-10H,1-8H2;7-8H,2-5H2,1H3;5-7H,1-4H2. The van der Waals surface area contributed by atoms with Crippen LogP contribution >= 0.6 is 0 Å². The second-order valence-corrected chi connectivity index (χ2v) is 10.2. The summed E-state index contributed by atoms with van der Waals surface area (Å²) in [4.78, 5) is 1.86.